The Kier molecular flexibility index (Phi) is 5.70. The fourth-order valence-corrected chi connectivity index (χ4v) is 8.65. The van der Waals surface area contributed by atoms with Crippen LogP contribution in [0.1, 0.15) is 0 Å². The molecule has 0 spiro atoms. The molecular weight excluding hydrogens is 533 g/mol. The lowest BCUT2D eigenvalue weighted by molar-refractivity contribution is 0.592. The highest BCUT2D eigenvalue weighted by atomic mass is 31.2. The van der Waals surface area contributed by atoms with E-state index in [1.165, 1.54) is 0 Å². The minimum Gasteiger partial charge on any atom is -0.309 e. The van der Waals surface area contributed by atoms with Gasteiger partial charge in [-0.3, -0.25) is 9.97 Å². The first kappa shape index (κ1) is 24.6. The Morgan fingerprint density at radius 1 is 0.500 bits per heavy atom. The van der Waals surface area contributed by atoms with E-state index in [1.54, 1.807) is 0 Å². The number of rotatable bonds is 4. The molecule has 0 amide bonds. The van der Waals surface area contributed by atoms with Crippen molar-refractivity contribution in [3.8, 4) is 11.3 Å². The highest BCUT2D eigenvalue weighted by Crippen LogP contribution is 2.43. The minimum absolute atomic E-state index is 0.787. The zero-order chi connectivity index (χ0) is 28.1. The summed E-state index contributed by atoms with van der Waals surface area (Å²) in [7, 11) is -3.07. The molecule has 0 bridgehead atoms. The van der Waals surface area contributed by atoms with Crippen molar-refractivity contribution in [1.82, 2.24) is 15.0 Å². The summed E-state index contributed by atoms with van der Waals surface area (Å²) in [6.45, 7) is 0. The Hall–Kier alpha value is -5.18. The Morgan fingerprint density at radius 2 is 1.17 bits per heavy atom. The molecule has 42 heavy (non-hydrogen) atoms. The van der Waals surface area contributed by atoms with Gasteiger partial charge in [0, 0.05) is 60.8 Å². The summed E-state index contributed by atoms with van der Waals surface area (Å²) in [5.41, 5.74) is 4.48. The smallest absolute Gasteiger partial charge is 0.171 e. The molecule has 0 unspecified atom stereocenters. The zero-order valence-electron chi connectivity index (χ0n) is 22.6. The maximum absolute atomic E-state index is 14.9. The SMILES string of the molecule is O=P(c1ccccc1)(c1ccccc1)c1ccc(-c2nc3ccccc3c3c2cnc2c3ccc3cccnc32)cc1. The lowest BCUT2D eigenvalue weighted by atomic mass is 9.97. The highest BCUT2D eigenvalue weighted by molar-refractivity contribution is 7.85. The van der Waals surface area contributed by atoms with Gasteiger partial charge in [-0.2, -0.15) is 0 Å². The number of hydrogen-bond acceptors (Lipinski definition) is 4. The van der Waals surface area contributed by atoms with Gasteiger partial charge in [0.25, 0.3) is 0 Å². The van der Waals surface area contributed by atoms with E-state index in [2.05, 4.69) is 35.3 Å². The number of pyridine rings is 3. The average molecular weight is 558 g/mol. The molecule has 0 saturated heterocycles. The molecule has 0 fully saturated rings. The molecule has 0 saturated carbocycles. The van der Waals surface area contributed by atoms with Crippen LogP contribution in [0.15, 0.2) is 146 Å². The molecule has 3 heterocycles. The zero-order valence-corrected chi connectivity index (χ0v) is 23.4. The van der Waals surface area contributed by atoms with Crippen LogP contribution < -0.4 is 15.9 Å². The second-order valence-electron chi connectivity index (χ2n) is 10.4. The maximum atomic E-state index is 14.9. The number of aromatic nitrogens is 3. The van der Waals surface area contributed by atoms with Crippen LogP contribution in [-0.2, 0) is 4.57 Å². The van der Waals surface area contributed by atoms with Crippen molar-refractivity contribution in [1.29, 1.82) is 0 Å². The molecule has 0 aliphatic carbocycles. The van der Waals surface area contributed by atoms with E-state index in [0.29, 0.717) is 0 Å². The van der Waals surface area contributed by atoms with Crippen LogP contribution in [0.2, 0.25) is 0 Å². The third kappa shape index (κ3) is 3.77. The van der Waals surface area contributed by atoms with Crippen molar-refractivity contribution in [2.24, 2.45) is 0 Å². The fourth-order valence-electron chi connectivity index (χ4n) is 6.01. The molecule has 0 aliphatic rings. The van der Waals surface area contributed by atoms with Gasteiger partial charge in [-0.15, -0.1) is 0 Å². The number of benzene rings is 5. The summed E-state index contributed by atoms with van der Waals surface area (Å²) >= 11 is 0. The van der Waals surface area contributed by atoms with Crippen molar-refractivity contribution in [3.63, 3.8) is 0 Å². The maximum Gasteiger partial charge on any atom is 0.171 e. The Balaban J connectivity index is 1.36. The van der Waals surface area contributed by atoms with Crippen molar-refractivity contribution in [2.45, 2.75) is 0 Å². The summed E-state index contributed by atoms with van der Waals surface area (Å²) in [6, 6.07) is 44.1. The average Bonchev–Trinajstić information content (AvgIpc) is 3.08. The summed E-state index contributed by atoms with van der Waals surface area (Å²) in [5.74, 6) is 0. The molecule has 0 aliphatic heterocycles. The third-order valence-corrected chi connectivity index (χ3v) is 11.1. The van der Waals surface area contributed by atoms with E-state index in [1.807, 2.05) is 116 Å². The molecular formula is C37H24N3OP. The second-order valence-corrected chi connectivity index (χ2v) is 13.2. The van der Waals surface area contributed by atoms with Crippen LogP contribution in [0.25, 0.3) is 54.7 Å². The number of hydrogen-bond donors (Lipinski definition) is 0. The van der Waals surface area contributed by atoms with Gasteiger partial charge in [0.05, 0.1) is 22.2 Å². The van der Waals surface area contributed by atoms with Gasteiger partial charge in [-0.25, -0.2) is 4.98 Å². The number of fused-ring (bicyclic) bond motifs is 7. The lowest BCUT2D eigenvalue weighted by Gasteiger charge is -2.20. The first-order valence-electron chi connectivity index (χ1n) is 13.9. The monoisotopic (exact) mass is 557 g/mol. The molecule has 3 aromatic heterocycles. The molecule has 0 N–H and O–H groups in total. The normalized spacial score (nSPS) is 11.9. The fraction of sp³-hybridized carbons (Fsp3) is 0. The van der Waals surface area contributed by atoms with E-state index in [4.69, 9.17) is 9.97 Å². The minimum atomic E-state index is -3.07. The predicted octanol–water partition coefficient (Wildman–Crippen LogP) is 7.79. The van der Waals surface area contributed by atoms with Crippen LogP contribution in [0.3, 0.4) is 0 Å². The Bertz CT molecular complexity index is 2280. The van der Waals surface area contributed by atoms with Crippen molar-refractivity contribution >= 4 is 66.5 Å². The van der Waals surface area contributed by atoms with Gasteiger partial charge in [0.2, 0.25) is 0 Å². The highest BCUT2D eigenvalue weighted by Gasteiger charge is 2.29. The van der Waals surface area contributed by atoms with Crippen LogP contribution in [0.4, 0.5) is 0 Å². The van der Waals surface area contributed by atoms with Gasteiger partial charge in [-0.05, 0) is 12.1 Å². The Labute approximate surface area is 242 Å². The topological polar surface area (TPSA) is 55.7 Å². The molecule has 198 valence electrons. The lowest BCUT2D eigenvalue weighted by Crippen LogP contribution is -2.24. The molecule has 0 radical (unpaired) electrons. The van der Waals surface area contributed by atoms with Gasteiger partial charge in [-0.1, -0.05) is 121 Å². The number of nitrogens with zero attached hydrogens (tertiary/aromatic N) is 3. The first-order chi connectivity index (χ1) is 20.7. The molecule has 0 atom stereocenters. The van der Waals surface area contributed by atoms with E-state index in [9.17, 15) is 4.57 Å². The predicted molar refractivity (Wildman–Crippen MR) is 175 cm³/mol. The quantitative estimate of drug-likeness (QED) is 0.164. The van der Waals surface area contributed by atoms with Crippen molar-refractivity contribution in [3.05, 3.63) is 146 Å². The third-order valence-electron chi connectivity index (χ3n) is 8.01. The van der Waals surface area contributed by atoms with Crippen molar-refractivity contribution in [2.75, 3.05) is 0 Å². The van der Waals surface area contributed by atoms with E-state index in [0.717, 1.165) is 70.7 Å². The standard InChI is InChI=1S/C37H24N3OP/c41-42(27-11-3-1-4-12-27,28-13-5-2-6-14-28)29-20-17-26(18-21-29)35-32-24-39-37-31(22-19-25-10-9-23-38-36(25)37)34(32)30-15-7-8-16-33(30)40-35/h1-24H. The molecule has 5 heteroatoms. The first-order valence-corrected chi connectivity index (χ1v) is 15.6. The molecule has 8 aromatic rings. The second kappa shape index (κ2) is 9.73. The number of para-hydroxylation sites is 1. The summed E-state index contributed by atoms with van der Waals surface area (Å²) < 4.78 is 14.9. The van der Waals surface area contributed by atoms with Gasteiger partial charge in [0.15, 0.2) is 7.14 Å². The van der Waals surface area contributed by atoms with Gasteiger partial charge >= 0.3 is 0 Å². The van der Waals surface area contributed by atoms with Crippen LogP contribution in [-0.4, -0.2) is 15.0 Å². The van der Waals surface area contributed by atoms with Crippen molar-refractivity contribution < 1.29 is 4.57 Å². The summed E-state index contributed by atoms with van der Waals surface area (Å²) in [6.07, 6.45) is 3.74. The van der Waals surface area contributed by atoms with Crippen LogP contribution in [0.5, 0.6) is 0 Å². The molecule has 5 aromatic carbocycles. The van der Waals surface area contributed by atoms with E-state index in [-0.39, 0.29) is 0 Å². The summed E-state index contributed by atoms with van der Waals surface area (Å²) in [4.78, 5) is 14.7. The van der Waals surface area contributed by atoms with E-state index < -0.39 is 7.14 Å². The van der Waals surface area contributed by atoms with Crippen LogP contribution >= 0.6 is 7.14 Å². The van der Waals surface area contributed by atoms with Crippen LogP contribution in [0, 0.1) is 0 Å². The van der Waals surface area contributed by atoms with Gasteiger partial charge in [0.1, 0.15) is 0 Å². The van der Waals surface area contributed by atoms with E-state index >= 15 is 0 Å². The van der Waals surface area contributed by atoms with Gasteiger partial charge < -0.3 is 4.57 Å². The largest absolute Gasteiger partial charge is 0.309 e. The Morgan fingerprint density at radius 3 is 1.90 bits per heavy atom. The summed E-state index contributed by atoms with van der Waals surface area (Å²) in [5, 5.41) is 7.68. The molecule has 4 nitrogen and oxygen atoms in total. The molecule has 8 rings (SSSR count).